The zero-order valence-electron chi connectivity index (χ0n) is 14.8. The largest absolute Gasteiger partial charge is 0.493 e. The van der Waals surface area contributed by atoms with Gasteiger partial charge in [-0.25, -0.2) is 4.98 Å². The second-order valence-corrected chi connectivity index (χ2v) is 5.92. The molecule has 0 radical (unpaired) electrons. The number of benzene rings is 2. The summed E-state index contributed by atoms with van der Waals surface area (Å²) in [6, 6.07) is 9.36. The van der Waals surface area contributed by atoms with Gasteiger partial charge in [0.1, 0.15) is 6.54 Å². The number of rotatable bonds is 5. The molecule has 0 aliphatic heterocycles. The summed E-state index contributed by atoms with van der Waals surface area (Å²) in [5.41, 5.74) is 4.86. The van der Waals surface area contributed by atoms with E-state index in [4.69, 9.17) is 9.47 Å². The van der Waals surface area contributed by atoms with Crippen molar-refractivity contribution in [2.45, 2.75) is 20.4 Å². The Bertz CT molecular complexity index is 931. The van der Waals surface area contributed by atoms with Crippen molar-refractivity contribution in [3.8, 4) is 11.5 Å². The monoisotopic (exact) mass is 339 g/mol. The summed E-state index contributed by atoms with van der Waals surface area (Å²) < 4.78 is 12.3. The molecule has 0 saturated heterocycles. The van der Waals surface area contributed by atoms with Crippen molar-refractivity contribution in [1.82, 2.24) is 9.55 Å². The molecule has 0 fully saturated rings. The SMILES string of the molecule is COc1ccc(NC(=O)Cn2cnc3cc(C)c(C)cc32)cc1OC. The Balaban J connectivity index is 1.78. The van der Waals surface area contributed by atoms with Gasteiger partial charge in [0.15, 0.2) is 11.5 Å². The number of fused-ring (bicyclic) bond motifs is 1. The minimum atomic E-state index is -0.134. The number of carbonyl (C=O) groups excluding carboxylic acids is 1. The summed E-state index contributed by atoms with van der Waals surface area (Å²) in [7, 11) is 3.13. The van der Waals surface area contributed by atoms with Crippen molar-refractivity contribution in [3.63, 3.8) is 0 Å². The number of aromatic nitrogens is 2. The van der Waals surface area contributed by atoms with Gasteiger partial charge in [-0.3, -0.25) is 4.79 Å². The molecule has 25 heavy (non-hydrogen) atoms. The molecule has 2 aromatic carbocycles. The normalized spacial score (nSPS) is 10.7. The topological polar surface area (TPSA) is 65.4 Å². The van der Waals surface area contributed by atoms with Gasteiger partial charge < -0.3 is 19.4 Å². The van der Waals surface area contributed by atoms with E-state index in [0.717, 1.165) is 11.0 Å². The van der Waals surface area contributed by atoms with Crippen LogP contribution in [0, 0.1) is 13.8 Å². The first kappa shape index (κ1) is 16.8. The third-order valence-corrected chi connectivity index (χ3v) is 4.22. The molecular formula is C19H21N3O3. The van der Waals surface area contributed by atoms with Crippen LogP contribution in [0.5, 0.6) is 11.5 Å². The summed E-state index contributed by atoms with van der Waals surface area (Å²) in [4.78, 5) is 16.8. The van der Waals surface area contributed by atoms with Gasteiger partial charge in [-0.2, -0.15) is 0 Å². The van der Waals surface area contributed by atoms with Crippen LogP contribution in [0.3, 0.4) is 0 Å². The van der Waals surface area contributed by atoms with E-state index in [1.54, 1.807) is 38.7 Å². The predicted molar refractivity (Wildman–Crippen MR) is 97.4 cm³/mol. The van der Waals surface area contributed by atoms with Gasteiger partial charge in [-0.1, -0.05) is 0 Å². The predicted octanol–water partition coefficient (Wildman–Crippen LogP) is 3.31. The van der Waals surface area contributed by atoms with E-state index in [1.807, 2.05) is 10.6 Å². The zero-order chi connectivity index (χ0) is 18.0. The first-order chi connectivity index (χ1) is 12.0. The average Bonchev–Trinajstić information content (AvgIpc) is 2.96. The minimum Gasteiger partial charge on any atom is -0.493 e. The van der Waals surface area contributed by atoms with E-state index in [9.17, 15) is 4.79 Å². The van der Waals surface area contributed by atoms with Gasteiger partial charge >= 0.3 is 0 Å². The van der Waals surface area contributed by atoms with Crippen LogP contribution in [0.25, 0.3) is 11.0 Å². The summed E-state index contributed by atoms with van der Waals surface area (Å²) in [6.07, 6.45) is 1.69. The fraction of sp³-hybridized carbons (Fsp3) is 0.263. The molecule has 0 unspecified atom stereocenters. The highest BCUT2D eigenvalue weighted by atomic mass is 16.5. The molecule has 3 aromatic rings. The minimum absolute atomic E-state index is 0.134. The number of aryl methyl sites for hydroxylation is 2. The van der Waals surface area contributed by atoms with Crippen LogP contribution < -0.4 is 14.8 Å². The standard InChI is InChI=1S/C19H21N3O3/c1-12-7-15-16(8-13(12)2)22(11-20-15)10-19(23)21-14-5-6-17(24-3)18(9-14)25-4/h5-9,11H,10H2,1-4H3,(H,21,23). The number of hydrogen-bond donors (Lipinski definition) is 1. The number of amides is 1. The maximum absolute atomic E-state index is 12.4. The quantitative estimate of drug-likeness (QED) is 0.774. The molecule has 0 atom stereocenters. The number of methoxy groups -OCH3 is 2. The Morgan fingerprint density at radius 3 is 2.52 bits per heavy atom. The molecule has 0 spiro atoms. The average molecular weight is 339 g/mol. The van der Waals surface area contributed by atoms with Crippen LogP contribution >= 0.6 is 0 Å². The highest BCUT2D eigenvalue weighted by molar-refractivity contribution is 5.92. The number of nitrogens with zero attached hydrogens (tertiary/aromatic N) is 2. The Kier molecular flexibility index (Phi) is 4.61. The van der Waals surface area contributed by atoms with Crippen LogP contribution in [0.1, 0.15) is 11.1 Å². The van der Waals surface area contributed by atoms with E-state index in [-0.39, 0.29) is 12.5 Å². The van der Waals surface area contributed by atoms with E-state index >= 15 is 0 Å². The molecule has 6 nitrogen and oxygen atoms in total. The highest BCUT2D eigenvalue weighted by Crippen LogP contribution is 2.29. The summed E-state index contributed by atoms with van der Waals surface area (Å²) in [6.45, 7) is 4.29. The van der Waals surface area contributed by atoms with Gasteiger partial charge in [-0.15, -0.1) is 0 Å². The summed E-state index contributed by atoms with van der Waals surface area (Å²) in [5, 5.41) is 2.87. The second-order valence-electron chi connectivity index (χ2n) is 5.92. The van der Waals surface area contributed by atoms with Crippen molar-refractivity contribution in [1.29, 1.82) is 0 Å². The van der Waals surface area contributed by atoms with Gasteiger partial charge in [0, 0.05) is 11.8 Å². The fourth-order valence-corrected chi connectivity index (χ4v) is 2.71. The lowest BCUT2D eigenvalue weighted by atomic mass is 10.1. The molecule has 0 saturated carbocycles. The van der Waals surface area contributed by atoms with Crippen molar-refractivity contribution in [2.24, 2.45) is 0 Å². The lowest BCUT2D eigenvalue weighted by Crippen LogP contribution is -2.18. The van der Waals surface area contributed by atoms with Crippen LogP contribution in [0.4, 0.5) is 5.69 Å². The van der Waals surface area contributed by atoms with Crippen LogP contribution in [-0.4, -0.2) is 29.7 Å². The van der Waals surface area contributed by atoms with Crippen LogP contribution in [0.2, 0.25) is 0 Å². The third kappa shape index (κ3) is 3.42. The van der Waals surface area contributed by atoms with Crippen molar-refractivity contribution in [2.75, 3.05) is 19.5 Å². The molecule has 0 aliphatic rings. The highest BCUT2D eigenvalue weighted by Gasteiger charge is 2.11. The van der Waals surface area contributed by atoms with E-state index in [2.05, 4.69) is 30.2 Å². The maximum Gasteiger partial charge on any atom is 0.244 e. The molecule has 1 N–H and O–H groups in total. The number of imidazole rings is 1. The van der Waals surface area contributed by atoms with Crippen molar-refractivity contribution >= 4 is 22.6 Å². The second kappa shape index (κ2) is 6.84. The lowest BCUT2D eigenvalue weighted by molar-refractivity contribution is -0.116. The summed E-state index contributed by atoms with van der Waals surface area (Å²) >= 11 is 0. The molecule has 1 amide bonds. The van der Waals surface area contributed by atoms with Crippen molar-refractivity contribution < 1.29 is 14.3 Å². The molecular weight excluding hydrogens is 318 g/mol. The smallest absolute Gasteiger partial charge is 0.244 e. The lowest BCUT2D eigenvalue weighted by Gasteiger charge is -2.11. The fourth-order valence-electron chi connectivity index (χ4n) is 2.71. The number of carbonyl (C=O) groups is 1. The van der Waals surface area contributed by atoms with E-state index in [1.165, 1.54) is 11.1 Å². The Hall–Kier alpha value is -3.02. The molecule has 130 valence electrons. The Labute approximate surface area is 146 Å². The molecule has 3 rings (SSSR count). The number of ether oxygens (including phenoxy) is 2. The van der Waals surface area contributed by atoms with Crippen LogP contribution in [-0.2, 0) is 11.3 Å². The van der Waals surface area contributed by atoms with Gasteiger partial charge in [0.2, 0.25) is 5.91 Å². The van der Waals surface area contributed by atoms with Gasteiger partial charge in [-0.05, 0) is 49.2 Å². The van der Waals surface area contributed by atoms with E-state index in [0.29, 0.717) is 17.2 Å². The first-order valence-corrected chi connectivity index (χ1v) is 7.95. The Morgan fingerprint density at radius 2 is 1.80 bits per heavy atom. The molecule has 6 heteroatoms. The summed E-state index contributed by atoms with van der Waals surface area (Å²) in [5.74, 6) is 1.05. The Morgan fingerprint density at radius 1 is 1.08 bits per heavy atom. The number of nitrogens with one attached hydrogen (secondary N) is 1. The third-order valence-electron chi connectivity index (χ3n) is 4.22. The van der Waals surface area contributed by atoms with Crippen molar-refractivity contribution in [3.05, 3.63) is 47.8 Å². The van der Waals surface area contributed by atoms with Crippen LogP contribution in [0.15, 0.2) is 36.7 Å². The molecule has 1 aromatic heterocycles. The van der Waals surface area contributed by atoms with Gasteiger partial charge in [0.25, 0.3) is 0 Å². The maximum atomic E-state index is 12.4. The zero-order valence-corrected chi connectivity index (χ0v) is 14.8. The van der Waals surface area contributed by atoms with Gasteiger partial charge in [0.05, 0.1) is 31.6 Å². The first-order valence-electron chi connectivity index (χ1n) is 7.95. The number of hydrogen-bond acceptors (Lipinski definition) is 4. The molecule has 1 heterocycles. The van der Waals surface area contributed by atoms with E-state index < -0.39 is 0 Å². The molecule has 0 bridgehead atoms. The molecule has 0 aliphatic carbocycles. The number of anilines is 1.